The fraction of sp³-hybridized carbons (Fsp3) is 0.386. The summed E-state index contributed by atoms with van der Waals surface area (Å²) in [5.41, 5.74) is 11.1. The summed E-state index contributed by atoms with van der Waals surface area (Å²) < 4.78 is 6.35. The molecule has 0 amide bonds. The molecule has 0 spiro atoms. The van der Waals surface area contributed by atoms with Gasteiger partial charge in [0.25, 0.3) is 0 Å². The maximum absolute atomic E-state index is 6.35. The van der Waals surface area contributed by atoms with Crippen LogP contribution in [-0.4, -0.2) is 23.0 Å². The van der Waals surface area contributed by atoms with E-state index in [2.05, 4.69) is 121 Å². The van der Waals surface area contributed by atoms with Crippen molar-refractivity contribution in [2.24, 2.45) is 11.3 Å². The van der Waals surface area contributed by atoms with Crippen molar-refractivity contribution in [1.29, 1.82) is 0 Å². The predicted molar refractivity (Wildman–Crippen MR) is 208 cm³/mol. The Morgan fingerprint density at radius 1 is 0.880 bits per heavy atom. The zero-order valence-corrected chi connectivity index (χ0v) is 34.6. The first-order valence-corrected chi connectivity index (χ1v) is 21.5. The summed E-state index contributed by atoms with van der Waals surface area (Å²) in [6.45, 7) is 20.7. The molecule has 0 saturated heterocycles. The smallest absolute Gasteiger partial charge is 0.216 e. The summed E-state index contributed by atoms with van der Waals surface area (Å²) in [5.74, 6) is 1.01. The third-order valence-corrected chi connectivity index (χ3v) is 12.1. The summed E-state index contributed by atoms with van der Waals surface area (Å²) in [4.78, 5) is 14.3. The van der Waals surface area contributed by atoms with Gasteiger partial charge in [0.2, 0.25) is 5.71 Å². The molecule has 50 heavy (non-hydrogen) atoms. The van der Waals surface area contributed by atoms with Crippen LogP contribution in [-0.2, 0) is 39.4 Å². The van der Waals surface area contributed by atoms with Crippen LogP contribution >= 0.6 is 0 Å². The first-order chi connectivity index (χ1) is 23.3. The Hall–Kier alpha value is -3.44. The van der Waals surface area contributed by atoms with Crippen molar-refractivity contribution in [3.05, 3.63) is 108 Å². The second-order valence-electron chi connectivity index (χ2n) is 16.2. The fourth-order valence-electron chi connectivity index (χ4n) is 6.86. The van der Waals surface area contributed by atoms with Crippen molar-refractivity contribution in [2.45, 2.75) is 99.2 Å². The van der Waals surface area contributed by atoms with Gasteiger partial charge in [-0.3, -0.25) is 0 Å². The molecule has 4 aromatic heterocycles. The van der Waals surface area contributed by atoms with Gasteiger partial charge in [0, 0.05) is 49.5 Å². The van der Waals surface area contributed by atoms with Gasteiger partial charge in [0.1, 0.15) is 0 Å². The quantitative estimate of drug-likeness (QED) is 0.124. The SMILES string of the molecule is CC(C)Cc1cc(-c2[c-]cccc2)ncc1[Si](C)(C)C.CC(c1ccc2c(n1)oc1c(-c3nccc4c3CCCC4)[c-]ccc12)C(C)(C)C.[Ir]. The molecule has 2 aromatic carbocycles. The Morgan fingerprint density at radius 3 is 2.36 bits per heavy atom. The molecule has 6 heteroatoms. The standard InChI is InChI=1S/C26H27N2O.C18H24NSi.Ir/c1-16(26(2,3)4)22-13-12-20-19-10-7-11-21(24(19)29-25(20)28-22)23-18-9-6-5-8-17(18)14-15-27-23;1-14(2)11-16-12-17(15-9-7-6-8-10-15)19-13-18(16)20(3,4)5;/h7,10,12-16H,5-6,8-9H2,1-4H3;6-9,12-14H,11H2,1-5H3;/q2*-1;. The van der Waals surface area contributed by atoms with Crippen LogP contribution in [0.3, 0.4) is 0 Å². The monoisotopic (exact) mass is 858 g/mol. The van der Waals surface area contributed by atoms with E-state index in [1.54, 1.807) is 0 Å². The van der Waals surface area contributed by atoms with Gasteiger partial charge >= 0.3 is 0 Å². The molecule has 1 aliphatic rings. The topological polar surface area (TPSA) is 51.8 Å². The van der Waals surface area contributed by atoms with Gasteiger partial charge in [-0.1, -0.05) is 94.9 Å². The maximum atomic E-state index is 6.35. The Morgan fingerprint density at radius 2 is 1.66 bits per heavy atom. The Bertz CT molecular complexity index is 2070. The number of pyridine rings is 3. The average Bonchev–Trinajstić information content (AvgIpc) is 3.45. The molecule has 263 valence electrons. The normalized spacial score (nSPS) is 13.8. The van der Waals surface area contributed by atoms with Gasteiger partial charge in [-0.2, -0.15) is 0 Å². The first-order valence-electron chi connectivity index (χ1n) is 18.0. The largest absolute Gasteiger partial charge is 0.486 e. The van der Waals surface area contributed by atoms with Gasteiger partial charge in [0.05, 0.1) is 13.7 Å². The Balaban J connectivity index is 0.000000204. The molecular weight excluding hydrogens is 807 g/mol. The molecule has 0 saturated carbocycles. The number of hydrogen-bond acceptors (Lipinski definition) is 4. The molecule has 0 fully saturated rings. The Kier molecular flexibility index (Phi) is 11.7. The molecule has 7 rings (SSSR count). The van der Waals surface area contributed by atoms with Crippen LogP contribution < -0.4 is 5.19 Å². The van der Waals surface area contributed by atoms with Crippen molar-refractivity contribution in [3.8, 4) is 22.5 Å². The van der Waals surface area contributed by atoms with Crippen LogP contribution in [0.15, 0.2) is 77.5 Å². The van der Waals surface area contributed by atoms with Crippen molar-refractivity contribution >= 4 is 35.3 Å². The van der Waals surface area contributed by atoms with Crippen molar-refractivity contribution in [3.63, 3.8) is 0 Å². The van der Waals surface area contributed by atoms with E-state index in [1.807, 2.05) is 30.5 Å². The fourth-order valence-corrected chi connectivity index (χ4v) is 8.45. The summed E-state index contributed by atoms with van der Waals surface area (Å²) in [5, 5.41) is 3.64. The number of aromatic nitrogens is 3. The minimum absolute atomic E-state index is 0. The number of nitrogens with zero attached hydrogens (tertiary/aromatic N) is 3. The zero-order valence-electron chi connectivity index (χ0n) is 31.2. The summed E-state index contributed by atoms with van der Waals surface area (Å²) in [7, 11) is -1.34. The summed E-state index contributed by atoms with van der Waals surface area (Å²) in [6.07, 6.45) is 9.86. The molecule has 6 aromatic rings. The van der Waals surface area contributed by atoms with Crippen molar-refractivity contribution < 1.29 is 24.5 Å². The number of furan rings is 1. The molecule has 1 radical (unpaired) electrons. The molecule has 0 aliphatic heterocycles. The van der Waals surface area contributed by atoms with E-state index in [0.29, 0.717) is 17.5 Å². The van der Waals surface area contributed by atoms with Crippen LogP contribution in [0.5, 0.6) is 0 Å². The molecule has 1 atom stereocenters. The summed E-state index contributed by atoms with van der Waals surface area (Å²) in [6, 6.07) is 27.6. The van der Waals surface area contributed by atoms with Crippen LogP contribution in [0.25, 0.3) is 44.6 Å². The van der Waals surface area contributed by atoms with Gasteiger partial charge in [-0.05, 0) is 78.2 Å². The number of aryl methyl sites for hydroxylation is 1. The molecule has 0 bridgehead atoms. The van der Waals surface area contributed by atoms with E-state index >= 15 is 0 Å². The molecule has 0 N–H and O–H groups in total. The van der Waals surface area contributed by atoms with E-state index in [4.69, 9.17) is 14.4 Å². The van der Waals surface area contributed by atoms with E-state index in [0.717, 1.165) is 63.8 Å². The van der Waals surface area contributed by atoms with E-state index in [9.17, 15) is 0 Å². The third kappa shape index (κ3) is 8.20. The molecule has 1 unspecified atom stereocenters. The Labute approximate surface area is 313 Å². The molecule has 1 aliphatic carbocycles. The number of hydrogen-bond donors (Lipinski definition) is 0. The van der Waals surface area contributed by atoms with Crippen LogP contribution in [0, 0.1) is 23.5 Å². The average molecular weight is 858 g/mol. The van der Waals surface area contributed by atoms with Crippen LogP contribution in [0.4, 0.5) is 0 Å². The van der Waals surface area contributed by atoms with E-state index in [-0.39, 0.29) is 25.5 Å². The predicted octanol–water partition coefficient (Wildman–Crippen LogP) is 11.2. The van der Waals surface area contributed by atoms with Gasteiger partial charge in [-0.25, -0.2) is 4.98 Å². The minimum Gasteiger partial charge on any atom is -0.486 e. The van der Waals surface area contributed by atoms with Gasteiger partial charge in [-0.15, -0.1) is 54.1 Å². The van der Waals surface area contributed by atoms with Crippen molar-refractivity contribution in [1.82, 2.24) is 15.0 Å². The van der Waals surface area contributed by atoms with E-state index in [1.165, 1.54) is 34.7 Å². The van der Waals surface area contributed by atoms with Crippen LogP contribution in [0.1, 0.15) is 82.7 Å². The van der Waals surface area contributed by atoms with Gasteiger partial charge < -0.3 is 14.4 Å². The maximum Gasteiger partial charge on any atom is 0.216 e. The van der Waals surface area contributed by atoms with Gasteiger partial charge in [0.15, 0.2) is 0 Å². The first kappa shape index (κ1) is 37.8. The molecule has 4 heterocycles. The second-order valence-corrected chi connectivity index (χ2v) is 21.3. The summed E-state index contributed by atoms with van der Waals surface area (Å²) >= 11 is 0. The number of fused-ring (bicyclic) bond motifs is 4. The third-order valence-electron chi connectivity index (χ3n) is 9.99. The van der Waals surface area contributed by atoms with Crippen LogP contribution in [0.2, 0.25) is 19.6 Å². The molecular formula is C44H51IrN3OSi-2. The van der Waals surface area contributed by atoms with E-state index < -0.39 is 8.07 Å². The molecule has 4 nitrogen and oxygen atoms in total. The van der Waals surface area contributed by atoms with Crippen molar-refractivity contribution in [2.75, 3.05) is 0 Å². The second kappa shape index (κ2) is 15.4. The number of benzene rings is 2. The minimum atomic E-state index is -1.34. The zero-order chi connectivity index (χ0) is 34.9. The number of rotatable bonds is 6.